The molecule has 0 saturated heterocycles. The molecular weight excluding hydrogens is 270 g/mol. The number of allylic oxidation sites excluding steroid dienone is 2. The van der Waals surface area contributed by atoms with Crippen molar-refractivity contribution in [2.24, 2.45) is 11.8 Å². The highest BCUT2D eigenvalue weighted by molar-refractivity contribution is 5.80. The molecule has 0 bridgehead atoms. The summed E-state index contributed by atoms with van der Waals surface area (Å²) in [5, 5.41) is 9.27. The molecule has 1 aliphatic heterocycles. The number of fused-ring (bicyclic) bond motifs is 3. The molecule has 1 aromatic rings. The van der Waals surface area contributed by atoms with Crippen LogP contribution in [-0.2, 0) is 12.8 Å². The molecule has 0 amide bonds. The van der Waals surface area contributed by atoms with Gasteiger partial charge in [0.15, 0.2) is 0 Å². The molecule has 2 aliphatic carbocycles. The van der Waals surface area contributed by atoms with Crippen LogP contribution in [0.1, 0.15) is 55.2 Å². The van der Waals surface area contributed by atoms with Gasteiger partial charge >= 0.3 is 0 Å². The average molecular weight is 293 g/mol. The molecule has 1 heterocycles. The van der Waals surface area contributed by atoms with Crippen molar-refractivity contribution >= 4 is 5.57 Å². The minimum absolute atomic E-state index is 0.546. The molecule has 1 unspecified atom stereocenters. The lowest BCUT2D eigenvalue weighted by molar-refractivity contribution is 0.313. The molecule has 0 N–H and O–H groups in total. The summed E-state index contributed by atoms with van der Waals surface area (Å²) >= 11 is 0. The van der Waals surface area contributed by atoms with Crippen LogP contribution in [0.5, 0.6) is 5.75 Å². The first-order valence-electron chi connectivity index (χ1n) is 8.74. The molecule has 0 aromatic heterocycles. The van der Waals surface area contributed by atoms with Gasteiger partial charge in [0.1, 0.15) is 5.75 Å². The van der Waals surface area contributed by atoms with E-state index in [0.717, 1.165) is 31.1 Å². The van der Waals surface area contributed by atoms with E-state index in [0.29, 0.717) is 5.92 Å². The zero-order valence-electron chi connectivity index (χ0n) is 13.1. The van der Waals surface area contributed by atoms with E-state index < -0.39 is 0 Å². The monoisotopic (exact) mass is 293 g/mol. The predicted molar refractivity (Wildman–Crippen MR) is 87.6 cm³/mol. The molecule has 4 rings (SSSR count). The van der Waals surface area contributed by atoms with Gasteiger partial charge in [-0.2, -0.15) is 5.26 Å². The second kappa shape index (κ2) is 5.80. The molecule has 22 heavy (non-hydrogen) atoms. The van der Waals surface area contributed by atoms with Crippen LogP contribution in [-0.4, -0.2) is 6.61 Å². The highest BCUT2D eigenvalue weighted by Gasteiger charge is 2.33. The summed E-state index contributed by atoms with van der Waals surface area (Å²) in [7, 11) is 0. The largest absolute Gasteiger partial charge is 0.493 e. The Balaban J connectivity index is 1.65. The van der Waals surface area contributed by atoms with Crippen LogP contribution in [0, 0.1) is 23.2 Å². The molecule has 2 nitrogen and oxygen atoms in total. The Morgan fingerprint density at radius 2 is 2.09 bits per heavy atom. The number of hydrogen-bond donors (Lipinski definition) is 0. The zero-order valence-corrected chi connectivity index (χ0v) is 13.1. The lowest BCUT2D eigenvalue weighted by atomic mass is 9.80. The molecule has 2 heteroatoms. The van der Waals surface area contributed by atoms with E-state index >= 15 is 0 Å². The van der Waals surface area contributed by atoms with E-state index in [2.05, 4.69) is 18.2 Å². The fourth-order valence-corrected chi connectivity index (χ4v) is 4.73. The first kappa shape index (κ1) is 13.9. The maximum Gasteiger partial charge on any atom is 0.123 e. The van der Waals surface area contributed by atoms with Gasteiger partial charge in [0, 0.05) is 18.1 Å². The van der Waals surface area contributed by atoms with E-state index in [1.807, 2.05) is 6.08 Å². The fraction of sp³-hybridized carbons (Fsp3) is 0.550. The predicted octanol–water partition coefficient (Wildman–Crippen LogP) is 4.67. The van der Waals surface area contributed by atoms with Crippen molar-refractivity contribution in [3.63, 3.8) is 0 Å². The lowest BCUT2D eigenvalue weighted by Crippen LogP contribution is -2.12. The highest BCUT2D eigenvalue weighted by atomic mass is 16.5. The average Bonchev–Trinajstić information content (AvgIpc) is 3.13. The van der Waals surface area contributed by atoms with Gasteiger partial charge in [-0.15, -0.1) is 0 Å². The van der Waals surface area contributed by atoms with Gasteiger partial charge in [-0.25, -0.2) is 0 Å². The standard InChI is InChI=1S/C20H23NO/c21-10-8-17-16(12-14-4-2-1-3-5-14)13-15-6-7-19-18(20(15)17)9-11-22-19/h6-8,14,16H,1-5,9,11-13H2/b17-8+. The SMILES string of the molecule is N#C/C=C1/c2c(ccc3c2CCO3)CC1CC1CCCCC1. The fourth-order valence-electron chi connectivity index (χ4n) is 4.73. The Labute approximate surface area is 132 Å². The van der Waals surface area contributed by atoms with Crippen LogP contribution in [0.2, 0.25) is 0 Å². The van der Waals surface area contributed by atoms with Crippen molar-refractivity contribution in [3.8, 4) is 11.8 Å². The zero-order chi connectivity index (χ0) is 14.9. The van der Waals surface area contributed by atoms with Crippen LogP contribution >= 0.6 is 0 Å². The van der Waals surface area contributed by atoms with Crippen LogP contribution in [0.15, 0.2) is 18.2 Å². The summed E-state index contributed by atoms with van der Waals surface area (Å²) in [6.45, 7) is 0.791. The molecule has 0 spiro atoms. The topological polar surface area (TPSA) is 33.0 Å². The van der Waals surface area contributed by atoms with Gasteiger partial charge in [0.05, 0.1) is 12.7 Å². The Morgan fingerprint density at radius 3 is 2.91 bits per heavy atom. The maximum absolute atomic E-state index is 9.27. The Hall–Kier alpha value is -1.75. The van der Waals surface area contributed by atoms with Crippen molar-refractivity contribution in [1.82, 2.24) is 0 Å². The van der Waals surface area contributed by atoms with Crippen molar-refractivity contribution < 1.29 is 4.74 Å². The maximum atomic E-state index is 9.27. The quantitative estimate of drug-likeness (QED) is 0.742. The number of nitriles is 1. The number of benzene rings is 1. The molecule has 1 fully saturated rings. The van der Waals surface area contributed by atoms with E-state index in [9.17, 15) is 5.26 Å². The van der Waals surface area contributed by atoms with Gasteiger partial charge in [0.25, 0.3) is 0 Å². The second-order valence-electron chi connectivity index (χ2n) is 7.04. The Morgan fingerprint density at radius 1 is 1.23 bits per heavy atom. The number of ether oxygens (including phenoxy) is 1. The summed E-state index contributed by atoms with van der Waals surface area (Å²) in [5.41, 5.74) is 5.44. The normalized spacial score (nSPS) is 25.6. The molecule has 1 aromatic carbocycles. The van der Waals surface area contributed by atoms with Crippen molar-refractivity contribution in [2.75, 3.05) is 6.61 Å². The smallest absolute Gasteiger partial charge is 0.123 e. The molecule has 3 aliphatic rings. The summed E-state index contributed by atoms with van der Waals surface area (Å²) in [5.74, 6) is 2.45. The van der Waals surface area contributed by atoms with E-state index in [1.54, 1.807) is 0 Å². The van der Waals surface area contributed by atoms with Crippen LogP contribution in [0.4, 0.5) is 0 Å². The van der Waals surface area contributed by atoms with Crippen molar-refractivity contribution in [1.29, 1.82) is 5.26 Å². The third-order valence-corrected chi connectivity index (χ3v) is 5.72. The Kier molecular flexibility index (Phi) is 3.66. The number of rotatable bonds is 2. The van der Waals surface area contributed by atoms with Gasteiger partial charge in [-0.1, -0.05) is 38.2 Å². The third kappa shape index (κ3) is 2.33. The second-order valence-corrected chi connectivity index (χ2v) is 7.04. The number of nitrogens with zero attached hydrogens (tertiary/aromatic N) is 1. The minimum Gasteiger partial charge on any atom is -0.493 e. The van der Waals surface area contributed by atoms with Gasteiger partial charge in [-0.3, -0.25) is 0 Å². The summed E-state index contributed by atoms with van der Waals surface area (Å²) in [6, 6.07) is 6.67. The van der Waals surface area contributed by atoms with Gasteiger partial charge in [-0.05, 0) is 47.4 Å². The summed E-state index contributed by atoms with van der Waals surface area (Å²) in [4.78, 5) is 0. The molecular formula is C20H23NO. The van der Waals surface area contributed by atoms with Gasteiger partial charge in [0.2, 0.25) is 0 Å². The van der Waals surface area contributed by atoms with E-state index in [1.165, 1.54) is 60.8 Å². The Bertz CT molecular complexity index is 646. The molecule has 1 saturated carbocycles. The molecule has 0 radical (unpaired) electrons. The van der Waals surface area contributed by atoms with Crippen LogP contribution in [0.3, 0.4) is 0 Å². The van der Waals surface area contributed by atoms with Crippen LogP contribution in [0.25, 0.3) is 5.57 Å². The summed E-state index contributed by atoms with van der Waals surface area (Å²) in [6.07, 6.45) is 12.2. The number of hydrogen-bond acceptors (Lipinski definition) is 2. The van der Waals surface area contributed by atoms with Crippen LogP contribution < -0.4 is 4.74 Å². The molecule has 1 atom stereocenters. The highest BCUT2D eigenvalue weighted by Crippen LogP contribution is 2.47. The third-order valence-electron chi connectivity index (χ3n) is 5.72. The molecule has 114 valence electrons. The first-order chi connectivity index (χ1) is 10.9. The van der Waals surface area contributed by atoms with Crippen molar-refractivity contribution in [3.05, 3.63) is 34.9 Å². The lowest BCUT2D eigenvalue weighted by Gasteiger charge is -2.25. The van der Waals surface area contributed by atoms with Crippen molar-refractivity contribution in [2.45, 2.75) is 51.4 Å². The first-order valence-corrected chi connectivity index (χ1v) is 8.74. The summed E-state index contributed by atoms with van der Waals surface area (Å²) < 4.78 is 5.73. The van der Waals surface area contributed by atoms with E-state index in [-0.39, 0.29) is 0 Å². The van der Waals surface area contributed by atoms with E-state index in [4.69, 9.17) is 4.74 Å². The minimum atomic E-state index is 0.546. The van der Waals surface area contributed by atoms with Gasteiger partial charge < -0.3 is 4.74 Å².